The van der Waals surface area contributed by atoms with Crippen LogP contribution in [-0.4, -0.2) is 16.2 Å². The van der Waals surface area contributed by atoms with Gasteiger partial charge in [-0.2, -0.15) is 0 Å². The molecular weight excluding hydrogens is 312 g/mol. The van der Waals surface area contributed by atoms with Gasteiger partial charge in [0.25, 0.3) is 0 Å². The largest absolute Gasteiger partial charge is 0.478 e. The molecule has 2 N–H and O–H groups in total. The number of carbonyl (C=O) groups is 1. The van der Waals surface area contributed by atoms with E-state index >= 15 is 0 Å². The fourth-order valence-corrected chi connectivity index (χ4v) is 2.10. The van der Waals surface area contributed by atoms with Gasteiger partial charge in [0, 0.05) is 4.47 Å². The molecule has 0 saturated heterocycles. The molecule has 2 aromatic rings. The van der Waals surface area contributed by atoms with E-state index in [-0.39, 0.29) is 17.9 Å². The van der Waals surface area contributed by atoms with E-state index in [1.54, 1.807) is 42.5 Å². The first kappa shape index (κ1) is 13.6. The Morgan fingerprint density at radius 2 is 1.84 bits per heavy atom. The highest BCUT2D eigenvalue weighted by Gasteiger charge is 2.15. The molecule has 98 valence electrons. The van der Waals surface area contributed by atoms with Gasteiger partial charge in [-0.1, -0.05) is 18.2 Å². The van der Waals surface area contributed by atoms with E-state index in [1.165, 1.54) is 0 Å². The maximum atomic E-state index is 11.2. The van der Waals surface area contributed by atoms with Crippen LogP contribution in [0.3, 0.4) is 0 Å². The van der Waals surface area contributed by atoms with Crippen LogP contribution >= 0.6 is 15.9 Å². The Bertz CT molecular complexity index is 593. The third-order valence-corrected chi connectivity index (χ3v) is 3.18. The molecule has 0 saturated carbocycles. The molecule has 0 aliphatic heterocycles. The first-order valence-corrected chi connectivity index (χ1v) is 6.30. The van der Waals surface area contributed by atoms with Crippen LogP contribution in [0.15, 0.2) is 46.9 Å². The lowest BCUT2D eigenvalue weighted by molar-refractivity contribution is 0.0693. The average molecular weight is 323 g/mol. The van der Waals surface area contributed by atoms with Gasteiger partial charge in [0.1, 0.15) is 17.1 Å². The van der Waals surface area contributed by atoms with Gasteiger partial charge >= 0.3 is 5.97 Å². The van der Waals surface area contributed by atoms with E-state index < -0.39 is 5.97 Å². The van der Waals surface area contributed by atoms with Crippen LogP contribution in [0.5, 0.6) is 11.5 Å². The average Bonchev–Trinajstić information content (AvgIpc) is 2.39. The summed E-state index contributed by atoms with van der Waals surface area (Å²) in [5, 5.41) is 18.1. The summed E-state index contributed by atoms with van der Waals surface area (Å²) < 4.78 is 6.02. The number of benzene rings is 2. The fourth-order valence-electron chi connectivity index (χ4n) is 1.59. The number of ether oxygens (including phenoxy) is 1. The summed E-state index contributed by atoms with van der Waals surface area (Å²) in [7, 11) is 0. The van der Waals surface area contributed by atoms with Crippen LogP contribution in [-0.2, 0) is 6.61 Å². The monoisotopic (exact) mass is 322 g/mol. The molecule has 19 heavy (non-hydrogen) atoms. The van der Waals surface area contributed by atoms with Gasteiger partial charge in [0.2, 0.25) is 0 Å². The highest BCUT2D eigenvalue weighted by atomic mass is 79.9. The smallest absolute Gasteiger partial charge is 0.340 e. The molecule has 0 spiro atoms. The van der Waals surface area contributed by atoms with Crippen LogP contribution in [0.1, 0.15) is 15.9 Å². The Morgan fingerprint density at radius 1 is 1.16 bits per heavy atom. The zero-order chi connectivity index (χ0) is 13.8. The summed E-state index contributed by atoms with van der Waals surface area (Å²) in [6.07, 6.45) is 0. The minimum atomic E-state index is -1.06. The molecule has 0 atom stereocenters. The summed E-state index contributed by atoms with van der Waals surface area (Å²) in [4.78, 5) is 11.2. The Balaban J connectivity index is 2.32. The molecule has 0 aliphatic carbocycles. The lowest BCUT2D eigenvalue weighted by Gasteiger charge is -2.10. The molecule has 2 rings (SSSR count). The molecule has 0 aromatic heterocycles. The van der Waals surface area contributed by atoms with E-state index in [2.05, 4.69) is 15.9 Å². The van der Waals surface area contributed by atoms with Crippen LogP contribution < -0.4 is 4.74 Å². The van der Waals surface area contributed by atoms with E-state index in [0.717, 1.165) is 5.56 Å². The van der Waals surface area contributed by atoms with Gasteiger partial charge in [0.15, 0.2) is 0 Å². The van der Waals surface area contributed by atoms with E-state index in [9.17, 15) is 4.79 Å². The van der Waals surface area contributed by atoms with Crippen LogP contribution in [0, 0.1) is 0 Å². The maximum absolute atomic E-state index is 11.2. The van der Waals surface area contributed by atoms with Crippen molar-refractivity contribution < 1.29 is 19.7 Å². The first-order chi connectivity index (χ1) is 9.11. The van der Waals surface area contributed by atoms with Gasteiger partial charge in [-0.05, 0) is 45.8 Å². The molecule has 2 aromatic carbocycles. The van der Waals surface area contributed by atoms with Crippen LogP contribution in [0.2, 0.25) is 0 Å². The SMILES string of the molecule is O=C(O)c1c(Br)cccc1Oc1ccc(CO)cc1. The van der Waals surface area contributed by atoms with Crippen molar-refractivity contribution >= 4 is 21.9 Å². The number of hydrogen-bond acceptors (Lipinski definition) is 3. The lowest BCUT2D eigenvalue weighted by Crippen LogP contribution is -2.01. The number of carboxylic acids is 1. The number of aromatic carboxylic acids is 1. The zero-order valence-corrected chi connectivity index (χ0v) is 11.4. The number of aliphatic hydroxyl groups is 1. The second kappa shape index (κ2) is 5.86. The number of rotatable bonds is 4. The predicted molar refractivity (Wildman–Crippen MR) is 73.5 cm³/mol. The highest BCUT2D eigenvalue weighted by Crippen LogP contribution is 2.30. The summed E-state index contributed by atoms with van der Waals surface area (Å²) in [5.41, 5.74) is 0.841. The van der Waals surface area contributed by atoms with Crippen molar-refractivity contribution in [1.29, 1.82) is 0 Å². The maximum Gasteiger partial charge on any atom is 0.340 e. The summed E-state index contributed by atoms with van der Waals surface area (Å²) in [6.45, 7) is -0.0441. The molecule has 5 heteroatoms. The molecule has 0 amide bonds. The molecule has 0 heterocycles. The molecule has 4 nitrogen and oxygen atoms in total. The van der Waals surface area contributed by atoms with Crippen molar-refractivity contribution in [3.8, 4) is 11.5 Å². The second-order valence-electron chi connectivity index (χ2n) is 3.82. The zero-order valence-electron chi connectivity index (χ0n) is 9.84. The van der Waals surface area contributed by atoms with E-state index in [0.29, 0.717) is 10.2 Å². The second-order valence-corrected chi connectivity index (χ2v) is 4.68. The Morgan fingerprint density at radius 3 is 2.42 bits per heavy atom. The topological polar surface area (TPSA) is 66.8 Å². The van der Waals surface area contributed by atoms with Gasteiger partial charge in [0.05, 0.1) is 6.61 Å². The van der Waals surface area contributed by atoms with Crippen molar-refractivity contribution in [2.75, 3.05) is 0 Å². The molecule has 0 bridgehead atoms. The van der Waals surface area contributed by atoms with Crippen LogP contribution in [0.25, 0.3) is 0 Å². The third-order valence-electron chi connectivity index (χ3n) is 2.52. The van der Waals surface area contributed by atoms with Crippen molar-refractivity contribution in [3.63, 3.8) is 0 Å². The summed E-state index contributed by atoms with van der Waals surface area (Å²) in [6, 6.07) is 11.7. The fraction of sp³-hybridized carbons (Fsp3) is 0.0714. The molecular formula is C14H11BrO4. The van der Waals surface area contributed by atoms with Gasteiger partial charge in [-0.3, -0.25) is 0 Å². The third kappa shape index (κ3) is 3.13. The first-order valence-electron chi connectivity index (χ1n) is 5.51. The summed E-state index contributed by atoms with van der Waals surface area (Å²) >= 11 is 3.19. The van der Waals surface area contributed by atoms with Gasteiger partial charge < -0.3 is 14.9 Å². The van der Waals surface area contributed by atoms with Crippen molar-refractivity contribution in [2.24, 2.45) is 0 Å². The normalized spacial score (nSPS) is 10.2. The Labute approximate surface area is 118 Å². The minimum Gasteiger partial charge on any atom is -0.478 e. The number of carboxylic acid groups (broad SMARTS) is 1. The molecule has 0 fully saturated rings. The van der Waals surface area contributed by atoms with E-state index in [1.807, 2.05) is 0 Å². The van der Waals surface area contributed by atoms with Crippen molar-refractivity contribution in [3.05, 3.63) is 58.1 Å². The van der Waals surface area contributed by atoms with Crippen LogP contribution in [0.4, 0.5) is 0 Å². The molecule has 0 unspecified atom stereocenters. The van der Waals surface area contributed by atoms with E-state index in [4.69, 9.17) is 14.9 Å². The number of halogens is 1. The standard InChI is InChI=1S/C14H11BrO4/c15-11-2-1-3-12(13(11)14(17)18)19-10-6-4-9(8-16)5-7-10/h1-7,16H,8H2,(H,17,18). The molecule has 0 aliphatic rings. The Hall–Kier alpha value is -1.85. The lowest BCUT2D eigenvalue weighted by atomic mass is 10.2. The quantitative estimate of drug-likeness (QED) is 0.905. The Kier molecular flexibility index (Phi) is 4.19. The number of hydrogen-bond donors (Lipinski definition) is 2. The number of aliphatic hydroxyl groups excluding tert-OH is 1. The van der Waals surface area contributed by atoms with Crippen molar-refractivity contribution in [1.82, 2.24) is 0 Å². The summed E-state index contributed by atoms with van der Waals surface area (Å²) in [5.74, 6) is -0.286. The molecule has 0 radical (unpaired) electrons. The van der Waals surface area contributed by atoms with Gasteiger partial charge in [-0.25, -0.2) is 4.79 Å². The minimum absolute atomic E-state index is 0.0441. The predicted octanol–water partition coefficient (Wildman–Crippen LogP) is 3.43. The van der Waals surface area contributed by atoms with Crippen molar-refractivity contribution in [2.45, 2.75) is 6.61 Å². The highest BCUT2D eigenvalue weighted by molar-refractivity contribution is 9.10. The van der Waals surface area contributed by atoms with Gasteiger partial charge in [-0.15, -0.1) is 0 Å².